The Labute approximate surface area is 110 Å². The zero-order valence-electron chi connectivity index (χ0n) is 10.7. The van der Waals surface area contributed by atoms with Gasteiger partial charge in [0.1, 0.15) is 11.6 Å². The molecule has 100 valence electrons. The van der Waals surface area contributed by atoms with E-state index in [9.17, 15) is 13.9 Å². The van der Waals surface area contributed by atoms with Gasteiger partial charge in [0, 0.05) is 11.6 Å². The summed E-state index contributed by atoms with van der Waals surface area (Å²) in [5, 5.41) is 9.61. The van der Waals surface area contributed by atoms with E-state index in [1.165, 1.54) is 31.2 Å². The Morgan fingerprint density at radius 1 is 1.16 bits per heavy atom. The molecule has 0 saturated heterocycles. The molecule has 0 bridgehead atoms. The van der Waals surface area contributed by atoms with Crippen LogP contribution in [0.5, 0.6) is 11.5 Å². The molecule has 0 fully saturated rings. The molecule has 0 spiro atoms. The number of rotatable bonds is 3. The number of halogens is 2. The van der Waals surface area contributed by atoms with Gasteiger partial charge in [-0.3, -0.25) is 0 Å². The second-order valence-electron chi connectivity index (χ2n) is 4.35. The number of aryl methyl sites for hydroxylation is 1. The predicted octanol–water partition coefficient (Wildman–Crippen LogP) is 4.12. The van der Waals surface area contributed by atoms with Crippen molar-refractivity contribution in [3.05, 3.63) is 59.2 Å². The molecule has 2 aromatic carbocycles. The summed E-state index contributed by atoms with van der Waals surface area (Å²) in [5.74, 6) is -0.907. The Morgan fingerprint density at radius 2 is 1.89 bits per heavy atom. The van der Waals surface area contributed by atoms with Crippen LogP contribution in [-0.2, 0) is 0 Å². The highest BCUT2D eigenvalue weighted by Crippen LogP contribution is 2.33. The fraction of sp³-hybridized carbons (Fsp3) is 0.200. The van der Waals surface area contributed by atoms with Crippen molar-refractivity contribution in [1.29, 1.82) is 0 Å². The van der Waals surface area contributed by atoms with Gasteiger partial charge in [-0.15, -0.1) is 0 Å². The lowest BCUT2D eigenvalue weighted by molar-refractivity contribution is 0.194. The number of ether oxygens (including phenoxy) is 1. The van der Waals surface area contributed by atoms with Crippen molar-refractivity contribution in [1.82, 2.24) is 0 Å². The molecule has 0 radical (unpaired) electrons. The van der Waals surface area contributed by atoms with E-state index in [2.05, 4.69) is 0 Å². The van der Waals surface area contributed by atoms with Crippen molar-refractivity contribution in [2.75, 3.05) is 0 Å². The van der Waals surface area contributed by atoms with E-state index >= 15 is 0 Å². The maximum absolute atomic E-state index is 13.8. The summed E-state index contributed by atoms with van der Waals surface area (Å²) in [7, 11) is 0. The van der Waals surface area contributed by atoms with Gasteiger partial charge in [0.05, 0.1) is 6.10 Å². The lowest BCUT2D eigenvalue weighted by Crippen LogP contribution is -1.99. The first-order valence-corrected chi connectivity index (χ1v) is 5.89. The SMILES string of the molecule is Cc1ccc(F)cc1Oc1c(F)cccc1[C@@H](C)O. The first-order chi connectivity index (χ1) is 8.99. The van der Waals surface area contributed by atoms with Gasteiger partial charge in [-0.2, -0.15) is 0 Å². The lowest BCUT2D eigenvalue weighted by atomic mass is 10.1. The molecule has 2 nitrogen and oxygen atoms in total. The van der Waals surface area contributed by atoms with Crippen LogP contribution < -0.4 is 4.74 Å². The molecule has 1 atom stereocenters. The highest BCUT2D eigenvalue weighted by atomic mass is 19.1. The molecule has 0 aliphatic carbocycles. The molecule has 19 heavy (non-hydrogen) atoms. The molecule has 2 rings (SSSR count). The van der Waals surface area contributed by atoms with Gasteiger partial charge in [-0.1, -0.05) is 18.2 Å². The van der Waals surface area contributed by atoms with Crippen LogP contribution >= 0.6 is 0 Å². The van der Waals surface area contributed by atoms with E-state index in [-0.39, 0.29) is 11.5 Å². The third-order valence-electron chi connectivity index (χ3n) is 2.81. The van der Waals surface area contributed by atoms with Gasteiger partial charge >= 0.3 is 0 Å². The molecule has 0 heterocycles. The third-order valence-corrected chi connectivity index (χ3v) is 2.81. The Morgan fingerprint density at radius 3 is 2.58 bits per heavy atom. The summed E-state index contributed by atoms with van der Waals surface area (Å²) in [6.45, 7) is 3.25. The van der Waals surface area contributed by atoms with Crippen LogP contribution in [0.3, 0.4) is 0 Å². The monoisotopic (exact) mass is 264 g/mol. The van der Waals surface area contributed by atoms with E-state index in [0.717, 1.165) is 0 Å². The summed E-state index contributed by atoms with van der Waals surface area (Å²) in [5.41, 5.74) is 1.00. The van der Waals surface area contributed by atoms with Gasteiger partial charge in [-0.05, 0) is 31.5 Å². The highest BCUT2D eigenvalue weighted by molar-refractivity contribution is 5.42. The van der Waals surface area contributed by atoms with Gasteiger partial charge in [-0.25, -0.2) is 8.78 Å². The second kappa shape index (κ2) is 5.36. The fourth-order valence-corrected chi connectivity index (χ4v) is 1.76. The number of hydrogen-bond acceptors (Lipinski definition) is 2. The number of benzene rings is 2. The molecular weight excluding hydrogens is 250 g/mol. The number of para-hydroxylation sites is 1. The van der Waals surface area contributed by atoms with Crippen LogP contribution in [0.4, 0.5) is 8.78 Å². The summed E-state index contributed by atoms with van der Waals surface area (Å²) in [6, 6.07) is 8.33. The predicted molar refractivity (Wildman–Crippen MR) is 68.2 cm³/mol. The van der Waals surface area contributed by atoms with E-state index < -0.39 is 17.7 Å². The van der Waals surface area contributed by atoms with Crippen molar-refractivity contribution in [2.45, 2.75) is 20.0 Å². The largest absolute Gasteiger partial charge is 0.454 e. The molecule has 0 saturated carbocycles. The molecule has 0 aliphatic rings. The second-order valence-corrected chi connectivity index (χ2v) is 4.35. The van der Waals surface area contributed by atoms with Crippen molar-refractivity contribution in [2.24, 2.45) is 0 Å². The van der Waals surface area contributed by atoms with Gasteiger partial charge in [0.15, 0.2) is 11.6 Å². The van der Waals surface area contributed by atoms with Crippen LogP contribution in [-0.4, -0.2) is 5.11 Å². The molecule has 4 heteroatoms. The Hall–Kier alpha value is -1.94. The van der Waals surface area contributed by atoms with E-state index in [4.69, 9.17) is 4.74 Å². The fourth-order valence-electron chi connectivity index (χ4n) is 1.76. The maximum Gasteiger partial charge on any atom is 0.168 e. The van der Waals surface area contributed by atoms with Crippen molar-refractivity contribution in [3.8, 4) is 11.5 Å². The number of hydrogen-bond donors (Lipinski definition) is 1. The molecule has 0 aromatic heterocycles. The first-order valence-electron chi connectivity index (χ1n) is 5.89. The zero-order valence-corrected chi connectivity index (χ0v) is 10.7. The Bertz CT molecular complexity index is 595. The zero-order chi connectivity index (χ0) is 14.0. The van der Waals surface area contributed by atoms with Crippen molar-refractivity contribution in [3.63, 3.8) is 0 Å². The average Bonchev–Trinajstić information content (AvgIpc) is 2.35. The van der Waals surface area contributed by atoms with Crippen LogP contribution in [0, 0.1) is 18.6 Å². The van der Waals surface area contributed by atoms with Crippen LogP contribution in [0.2, 0.25) is 0 Å². The molecule has 0 aliphatic heterocycles. The third kappa shape index (κ3) is 2.90. The minimum Gasteiger partial charge on any atom is -0.454 e. The summed E-state index contributed by atoms with van der Waals surface area (Å²) in [6.07, 6.45) is -0.875. The average molecular weight is 264 g/mol. The summed E-state index contributed by atoms with van der Waals surface area (Å²) in [4.78, 5) is 0. The molecule has 1 N–H and O–H groups in total. The van der Waals surface area contributed by atoms with Crippen LogP contribution in [0.1, 0.15) is 24.2 Å². The van der Waals surface area contributed by atoms with Gasteiger partial charge in [0.25, 0.3) is 0 Å². The summed E-state index contributed by atoms with van der Waals surface area (Å²) >= 11 is 0. The summed E-state index contributed by atoms with van der Waals surface area (Å²) < 4.78 is 32.4. The highest BCUT2D eigenvalue weighted by Gasteiger charge is 2.15. The number of aliphatic hydroxyl groups excluding tert-OH is 1. The van der Waals surface area contributed by atoms with Crippen molar-refractivity contribution < 1.29 is 18.6 Å². The standard InChI is InChI=1S/C15H14F2O2/c1-9-6-7-11(16)8-14(9)19-15-12(10(2)18)4-3-5-13(15)17/h3-8,10,18H,1-2H3/t10-/m1/s1. The maximum atomic E-state index is 13.8. The minimum atomic E-state index is -0.875. The first kappa shape index (κ1) is 13.5. The molecule has 0 amide bonds. The van der Waals surface area contributed by atoms with E-state index in [0.29, 0.717) is 11.1 Å². The molecule has 2 aromatic rings. The van der Waals surface area contributed by atoms with Crippen LogP contribution in [0.15, 0.2) is 36.4 Å². The molecular formula is C15H14F2O2. The quantitative estimate of drug-likeness (QED) is 0.903. The minimum absolute atomic E-state index is 0.0776. The van der Waals surface area contributed by atoms with Gasteiger partial charge in [0.2, 0.25) is 0 Å². The Balaban J connectivity index is 2.46. The number of aliphatic hydroxyl groups is 1. The van der Waals surface area contributed by atoms with Crippen molar-refractivity contribution >= 4 is 0 Å². The van der Waals surface area contributed by atoms with E-state index in [1.54, 1.807) is 19.1 Å². The molecule has 0 unspecified atom stereocenters. The van der Waals surface area contributed by atoms with E-state index in [1.807, 2.05) is 0 Å². The normalized spacial score (nSPS) is 12.3. The Kier molecular flexibility index (Phi) is 3.81. The van der Waals surface area contributed by atoms with Crippen LogP contribution in [0.25, 0.3) is 0 Å². The van der Waals surface area contributed by atoms with Gasteiger partial charge < -0.3 is 9.84 Å². The smallest absolute Gasteiger partial charge is 0.168 e. The topological polar surface area (TPSA) is 29.5 Å². The lowest BCUT2D eigenvalue weighted by Gasteiger charge is -2.15.